The maximum atomic E-state index is 12.1. The summed E-state index contributed by atoms with van der Waals surface area (Å²) in [7, 11) is 0. The molecule has 1 unspecified atom stereocenters. The predicted molar refractivity (Wildman–Crippen MR) is 70.7 cm³/mol. The van der Waals surface area contributed by atoms with Crippen LogP contribution in [0, 0.1) is 11.8 Å². The summed E-state index contributed by atoms with van der Waals surface area (Å²) in [6.07, 6.45) is 0.797. The Bertz CT molecular complexity index is 235. The van der Waals surface area contributed by atoms with Gasteiger partial charge in [0.2, 0.25) is 5.91 Å². The van der Waals surface area contributed by atoms with Crippen molar-refractivity contribution in [2.45, 2.75) is 27.2 Å². The highest BCUT2D eigenvalue weighted by molar-refractivity contribution is 5.78. The molecule has 0 saturated carbocycles. The normalized spacial score (nSPS) is 19.7. The Hall–Kier alpha value is -0.610. The number of nitrogens with zero attached hydrogens (tertiary/aromatic N) is 2. The van der Waals surface area contributed by atoms with Gasteiger partial charge in [0.1, 0.15) is 0 Å². The van der Waals surface area contributed by atoms with Crippen LogP contribution in [0.4, 0.5) is 0 Å². The van der Waals surface area contributed by atoms with Crippen LogP contribution >= 0.6 is 0 Å². The minimum atomic E-state index is 0.0802. The maximum absolute atomic E-state index is 12.1. The number of piperazine rings is 1. The summed E-state index contributed by atoms with van der Waals surface area (Å²) in [5.41, 5.74) is 5.49. The van der Waals surface area contributed by atoms with Gasteiger partial charge in [0.25, 0.3) is 0 Å². The van der Waals surface area contributed by atoms with Crippen LogP contribution in [0.5, 0.6) is 0 Å². The first-order valence-corrected chi connectivity index (χ1v) is 6.75. The lowest BCUT2D eigenvalue weighted by Crippen LogP contribution is -2.50. The van der Waals surface area contributed by atoms with E-state index in [4.69, 9.17) is 5.73 Å². The molecule has 0 aromatic heterocycles. The fraction of sp³-hybridized carbons (Fsp3) is 0.923. The van der Waals surface area contributed by atoms with Crippen LogP contribution in [0.3, 0.4) is 0 Å². The molecule has 1 aliphatic rings. The van der Waals surface area contributed by atoms with Gasteiger partial charge in [-0.05, 0) is 18.9 Å². The molecule has 1 heterocycles. The van der Waals surface area contributed by atoms with Crippen molar-refractivity contribution >= 4 is 5.91 Å². The van der Waals surface area contributed by atoms with Gasteiger partial charge < -0.3 is 10.6 Å². The summed E-state index contributed by atoms with van der Waals surface area (Å²) in [5, 5.41) is 0. The van der Waals surface area contributed by atoms with E-state index in [1.54, 1.807) is 0 Å². The molecule has 0 bridgehead atoms. The van der Waals surface area contributed by atoms with E-state index in [2.05, 4.69) is 18.7 Å². The van der Waals surface area contributed by atoms with Crippen molar-refractivity contribution in [3.63, 3.8) is 0 Å². The van der Waals surface area contributed by atoms with Crippen LogP contribution in [0.15, 0.2) is 0 Å². The molecule has 17 heavy (non-hydrogen) atoms. The molecule has 4 nitrogen and oxygen atoms in total. The van der Waals surface area contributed by atoms with Crippen LogP contribution in [0.2, 0.25) is 0 Å². The largest absolute Gasteiger partial charge is 0.340 e. The molecule has 1 rings (SSSR count). The summed E-state index contributed by atoms with van der Waals surface area (Å²) in [5.74, 6) is 1.06. The molecule has 0 spiro atoms. The molecule has 2 N–H and O–H groups in total. The zero-order chi connectivity index (χ0) is 12.8. The van der Waals surface area contributed by atoms with E-state index in [0.29, 0.717) is 12.5 Å². The van der Waals surface area contributed by atoms with Crippen molar-refractivity contribution in [2.75, 3.05) is 39.3 Å². The summed E-state index contributed by atoms with van der Waals surface area (Å²) < 4.78 is 0. The van der Waals surface area contributed by atoms with E-state index in [0.717, 1.165) is 39.1 Å². The van der Waals surface area contributed by atoms with E-state index >= 15 is 0 Å². The highest BCUT2D eigenvalue weighted by Crippen LogP contribution is 2.10. The number of carbonyl (C=O) groups is 1. The van der Waals surface area contributed by atoms with Crippen molar-refractivity contribution in [3.05, 3.63) is 0 Å². The third kappa shape index (κ3) is 4.64. The molecule has 0 aromatic rings. The van der Waals surface area contributed by atoms with E-state index in [1.807, 2.05) is 11.8 Å². The molecule has 4 heteroatoms. The topological polar surface area (TPSA) is 49.6 Å². The van der Waals surface area contributed by atoms with Gasteiger partial charge in [-0.1, -0.05) is 20.8 Å². The smallest absolute Gasteiger partial charge is 0.225 e. The average molecular weight is 241 g/mol. The van der Waals surface area contributed by atoms with Gasteiger partial charge in [-0.25, -0.2) is 0 Å². The molecular weight excluding hydrogens is 214 g/mol. The second kappa shape index (κ2) is 6.97. The zero-order valence-corrected chi connectivity index (χ0v) is 11.5. The second-order valence-electron chi connectivity index (χ2n) is 5.50. The Labute approximate surface area is 105 Å². The number of nitrogens with two attached hydrogens (primary N) is 1. The van der Waals surface area contributed by atoms with Crippen LogP contribution in [0.25, 0.3) is 0 Å². The second-order valence-corrected chi connectivity index (χ2v) is 5.50. The van der Waals surface area contributed by atoms with Gasteiger partial charge in [-0.2, -0.15) is 0 Å². The fourth-order valence-corrected chi connectivity index (χ4v) is 2.35. The summed E-state index contributed by atoms with van der Waals surface area (Å²) in [6.45, 7) is 12.0. The molecule has 0 aromatic carbocycles. The molecular formula is C13H27N3O. The van der Waals surface area contributed by atoms with Gasteiger partial charge in [0.15, 0.2) is 0 Å². The van der Waals surface area contributed by atoms with Crippen LogP contribution in [-0.4, -0.2) is 55.0 Å². The van der Waals surface area contributed by atoms with Crippen molar-refractivity contribution in [1.82, 2.24) is 9.80 Å². The van der Waals surface area contributed by atoms with Crippen molar-refractivity contribution in [2.24, 2.45) is 17.6 Å². The first kappa shape index (κ1) is 14.5. The van der Waals surface area contributed by atoms with E-state index in [-0.39, 0.29) is 11.8 Å². The Balaban J connectivity index is 2.33. The van der Waals surface area contributed by atoms with Crippen molar-refractivity contribution in [3.8, 4) is 0 Å². The third-order valence-corrected chi connectivity index (χ3v) is 3.33. The minimum absolute atomic E-state index is 0.0802. The number of hydrogen-bond acceptors (Lipinski definition) is 3. The molecule has 1 aliphatic heterocycles. The lowest BCUT2D eigenvalue weighted by Gasteiger charge is -2.36. The van der Waals surface area contributed by atoms with Crippen molar-refractivity contribution < 1.29 is 4.79 Å². The quantitative estimate of drug-likeness (QED) is 0.773. The summed E-state index contributed by atoms with van der Waals surface area (Å²) in [6, 6.07) is 0. The molecule has 1 amide bonds. The first-order valence-electron chi connectivity index (χ1n) is 6.75. The molecule has 100 valence electrons. The maximum Gasteiger partial charge on any atom is 0.225 e. The SMILES string of the molecule is CC(C)CN1CCN(C(=O)C(C)CCN)CC1. The summed E-state index contributed by atoms with van der Waals surface area (Å²) >= 11 is 0. The Morgan fingerprint density at radius 3 is 2.24 bits per heavy atom. The number of amides is 1. The molecule has 0 radical (unpaired) electrons. The van der Waals surface area contributed by atoms with Crippen LogP contribution in [-0.2, 0) is 4.79 Å². The lowest BCUT2D eigenvalue weighted by atomic mass is 10.1. The highest BCUT2D eigenvalue weighted by Gasteiger charge is 2.24. The number of rotatable bonds is 5. The molecule has 1 atom stereocenters. The van der Waals surface area contributed by atoms with Gasteiger partial charge in [0.05, 0.1) is 0 Å². The standard InChI is InChI=1S/C13H27N3O/c1-11(2)10-15-6-8-16(9-7-15)13(17)12(3)4-5-14/h11-12H,4-10,14H2,1-3H3. The van der Waals surface area contributed by atoms with Crippen LogP contribution in [0.1, 0.15) is 27.2 Å². The van der Waals surface area contributed by atoms with E-state index < -0.39 is 0 Å². The summed E-state index contributed by atoms with van der Waals surface area (Å²) in [4.78, 5) is 16.5. The zero-order valence-electron chi connectivity index (χ0n) is 11.5. The Morgan fingerprint density at radius 2 is 1.76 bits per heavy atom. The Kier molecular flexibility index (Phi) is 5.92. The predicted octanol–water partition coefficient (Wildman–Crippen LogP) is 0.772. The average Bonchev–Trinajstić information content (AvgIpc) is 2.28. The van der Waals surface area contributed by atoms with Crippen molar-refractivity contribution in [1.29, 1.82) is 0 Å². The van der Waals surface area contributed by atoms with Gasteiger partial charge in [-0.15, -0.1) is 0 Å². The monoisotopic (exact) mass is 241 g/mol. The van der Waals surface area contributed by atoms with Gasteiger partial charge in [-0.3, -0.25) is 9.69 Å². The van der Waals surface area contributed by atoms with Gasteiger partial charge >= 0.3 is 0 Å². The number of hydrogen-bond donors (Lipinski definition) is 1. The van der Waals surface area contributed by atoms with E-state index in [9.17, 15) is 4.79 Å². The molecule has 0 aliphatic carbocycles. The minimum Gasteiger partial charge on any atom is -0.340 e. The molecule has 1 fully saturated rings. The first-order chi connectivity index (χ1) is 8.04. The lowest BCUT2D eigenvalue weighted by molar-refractivity contribution is -0.136. The third-order valence-electron chi connectivity index (χ3n) is 3.33. The Morgan fingerprint density at radius 1 is 1.18 bits per heavy atom. The van der Waals surface area contributed by atoms with Crippen LogP contribution < -0.4 is 5.73 Å². The fourth-order valence-electron chi connectivity index (χ4n) is 2.35. The molecule has 1 saturated heterocycles. The number of carbonyl (C=O) groups excluding carboxylic acids is 1. The van der Waals surface area contributed by atoms with Gasteiger partial charge in [0, 0.05) is 38.6 Å². The van der Waals surface area contributed by atoms with E-state index in [1.165, 1.54) is 0 Å². The highest BCUT2D eigenvalue weighted by atomic mass is 16.2.